The molecule has 0 atom stereocenters. The van der Waals surface area contributed by atoms with Gasteiger partial charge in [-0.3, -0.25) is 0 Å². The minimum atomic E-state index is -0.348. The van der Waals surface area contributed by atoms with E-state index in [0.29, 0.717) is 53.1 Å². The van der Waals surface area contributed by atoms with Crippen LogP contribution in [0.25, 0.3) is 20.0 Å². The average Bonchev–Trinajstić information content (AvgIpc) is 1.84. The molecule has 1 aliphatic carbocycles. The first-order chi connectivity index (χ1) is 41.8. The highest BCUT2D eigenvalue weighted by Gasteiger charge is 2.32. The molecule has 0 spiro atoms. The van der Waals surface area contributed by atoms with Crippen molar-refractivity contribution >= 4 is 114 Å². The molecule has 0 radical (unpaired) electrons. The van der Waals surface area contributed by atoms with Crippen molar-refractivity contribution in [1.29, 1.82) is 0 Å². The fourth-order valence-corrected chi connectivity index (χ4v) is 12.8. The van der Waals surface area contributed by atoms with Gasteiger partial charge in [0.05, 0.1) is 33.7 Å². The predicted octanol–water partition coefficient (Wildman–Crippen LogP) is 4.18. The lowest BCUT2D eigenvalue weighted by Gasteiger charge is -2.05. The number of nitrogens with zero attached hydrogens (tertiary/aromatic N) is 24. The van der Waals surface area contributed by atoms with Gasteiger partial charge in [0, 0.05) is 91.4 Å². The van der Waals surface area contributed by atoms with Crippen molar-refractivity contribution in [2.45, 2.75) is 65.5 Å². The van der Waals surface area contributed by atoms with Crippen molar-refractivity contribution in [3.63, 3.8) is 0 Å². The zero-order valence-corrected chi connectivity index (χ0v) is 52.2. The van der Waals surface area contributed by atoms with E-state index in [1.165, 1.54) is 113 Å². The largest absolute Gasteiger partial charge is 0.465 e. The van der Waals surface area contributed by atoms with E-state index in [1.807, 2.05) is 13.8 Å². The SMILES string of the molecule is [3H]c1csc(OCc2c(C)nsc2-n2nnn(C)c2=O)n1.[3H]c1csc(OCc2c(C3CC3)nsc2-n2nnn(C)c2=O)n1.[3H]c1csc(OCc2c(CC)nsc2-n2nnn(C)c2=O)n1.[3H]c1csc(OCc2c(I)nsc2-n2nnn(C)c2=O)n1. The van der Waals surface area contributed by atoms with E-state index in [0.717, 1.165) is 93.0 Å². The Morgan fingerprint density at radius 2 is 0.843 bits per heavy atom. The fourth-order valence-electron chi connectivity index (χ4n) is 6.79. The molecule has 0 bridgehead atoms. The van der Waals surface area contributed by atoms with Crippen LogP contribution in [0.1, 0.15) is 70.5 Å². The lowest BCUT2D eigenvalue weighted by Crippen LogP contribution is -2.22. The number of thiazole rings is 4. The number of aryl methyl sites for hydroxylation is 6. The second-order valence-corrected chi connectivity index (χ2v) is 23.8. The highest BCUT2D eigenvalue weighted by Crippen LogP contribution is 2.43. The zero-order chi connectivity index (χ0) is 61.6. The Morgan fingerprint density at radius 1 is 0.494 bits per heavy atom. The summed E-state index contributed by atoms with van der Waals surface area (Å²) in [6, 6.07) is 0. The minimum absolute atomic E-state index is 0.165. The van der Waals surface area contributed by atoms with Gasteiger partial charge in [0.1, 0.15) is 30.1 Å². The van der Waals surface area contributed by atoms with Crippen LogP contribution >= 0.6 is 114 Å². The molecule has 1 saturated carbocycles. The van der Waals surface area contributed by atoms with Crippen molar-refractivity contribution in [2.24, 2.45) is 28.2 Å². The van der Waals surface area contributed by atoms with Crippen molar-refractivity contribution in [3.8, 4) is 40.8 Å². The van der Waals surface area contributed by atoms with E-state index in [4.69, 9.17) is 24.4 Å². The smallest absolute Gasteiger partial charge is 0.369 e. The van der Waals surface area contributed by atoms with Crippen LogP contribution in [0.3, 0.4) is 0 Å². The third kappa shape index (κ3) is 13.6. The molecule has 1 fully saturated rings. The van der Waals surface area contributed by atoms with Gasteiger partial charge in [0.2, 0.25) is 0 Å². The molecule has 0 N–H and O–H groups in total. The normalized spacial score (nSPS) is 12.5. The number of aromatic nitrogens is 24. The Bertz CT molecular complexity index is 4430. The molecule has 13 rings (SSSR count). The maximum atomic E-state index is 12.1. The predicted molar refractivity (Wildman–Crippen MR) is 314 cm³/mol. The molecule has 12 heterocycles. The molecule has 0 saturated heterocycles. The van der Waals surface area contributed by atoms with Crippen LogP contribution in [0.4, 0.5) is 0 Å². The third-order valence-corrected chi connectivity index (χ3v) is 18.5. The summed E-state index contributed by atoms with van der Waals surface area (Å²) in [5.74, 6) is 0.425. The summed E-state index contributed by atoms with van der Waals surface area (Å²) in [4.78, 5) is 63.6. The van der Waals surface area contributed by atoms with Crippen LogP contribution in [0.5, 0.6) is 20.8 Å². The first-order valence-corrected chi connectivity index (χ1v) is 31.3. The maximum absolute atomic E-state index is 12.1. The van der Waals surface area contributed by atoms with Crippen LogP contribution in [0, 0.1) is 10.6 Å². The van der Waals surface area contributed by atoms with Gasteiger partial charge in [-0.25, -0.2) is 39.1 Å². The van der Waals surface area contributed by atoms with Gasteiger partial charge in [-0.1, -0.05) is 52.3 Å². The van der Waals surface area contributed by atoms with Gasteiger partial charge >= 0.3 is 22.8 Å². The molecule has 12 aromatic rings. The van der Waals surface area contributed by atoms with Crippen LogP contribution in [0.15, 0.2) is 65.4 Å². The highest BCUT2D eigenvalue weighted by atomic mass is 127. The molecular weight excluding hydrogens is 1350 g/mol. The Hall–Kier alpha value is -7.55. The Kier molecular flexibility index (Phi) is 17.3. The summed E-state index contributed by atoms with van der Waals surface area (Å²) in [7, 11) is 6.14. The van der Waals surface area contributed by atoms with Crippen molar-refractivity contribution in [1.82, 2.24) is 117 Å². The monoisotopic (exact) mass is 1400 g/mol. The number of halogens is 1. The summed E-state index contributed by atoms with van der Waals surface area (Å²) in [6.07, 6.45) is 3.59. The second-order valence-electron chi connectivity index (χ2n) is 16.5. The maximum Gasteiger partial charge on any atom is 0.369 e. The van der Waals surface area contributed by atoms with Gasteiger partial charge < -0.3 is 18.9 Å². The van der Waals surface area contributed by atoms with Gasteiger partial charge in [-0.15, -0.1) is 18.7 Å². The molecule has 32 nitrogen and oxygen atoms in total. The van der Waals surface area contributed by atoms with Crippen LogP contribution < -0.4 is 41.7 Å². The van der Waals surface area contributed by atoms with Crippen molar-refractivity contribution in [3.05, 3.63) is 131 Å². The number of hydrogen-bond acceptors (Lipinski definition) is 32. The van der Waals surface area contributed by atoms with E-state index < -0.39 is 0 Å². The second kappa shape index (κ2) is 26.8. The summed E-state index contributed by atoms with van der Waals surface area (Å²) in [5, 5.41) is 40.6. The van der Waals surface area contributed by atoms with E-state index >= 15 is 0 Å². The number of ether oxygens (including phenoxy) is 4. The fraction of sp³-hybridized carbons (Fsp3) is 0.333. The van der Waals surface area contributed by atoms with Crippen LogP contribution in [-0.4, -0.2) is 117 Å². The first-order valence-electron chi connectivity index (χ1n) is 25.6. The Morgan fingerprint density at radius 3 is 1.23 bits per heavy atom. The zero-order valence-electron chi connectivity index (χ0n) is 47.5. The van der Waals surface area contributed by atoms with Crippen molar-refractivity contribution < 1.29 is 24.4 Å². The molecule has 1 aliphatic rings. The van der Waals surface area contributed by atoms with E-state index in [1.54, 1.807) is 28.6 Å². The molecular formula is C42H41IN24O8S8. The summed E-state index contributed by atoms with van der Waals surface area (Å²) >= 11 is 11.8. The molecule has 432 valence electrons. The standard InChI is InChI=1S/C12H12N6O2S2.C11H12N6O2S2.C10H10N6O2S2.C9H7IN6O2S2/c1-17-12(19)18(16-15-17)10-8(6-20-11-13-4-5-21-11)9(14-22-10)7-2-3-7;1-3-8-7(6-19-10-12-4-5-20-10)9(21-13-8)17-11(18)16(2)14-15-17;1-6-7(5-18-9-11-3-4-19-9)8(20-12-6)16-10(17)15(2)13-14-16;1-15-9(17)16(14-13-15)7-5(6(10)12-20-7)4-18-8-11-2-3-19-8/h4-5,7H,2-3,6H2,1H3;4-5H,3,6H2,1-2H3;3-4H,5H2,1-2H3;2-3H,4H2,1H3/i2*4T;3T;2T. The number of tetrazole rings is 4. The minimum Gasteiger partial charge on any atom is -0.465 e. The molecule has 12 aromatic heterocycles. The topological polar surface area (TPSA) is 351 Å². The van der Waals surface area contributed by atoms with E-state index in [9.17, 15) is 19.2 Å². The summed E-state index contributed by atoms with van der Waals surface area (Å²) in [6.45, 7) is 4.66. The van der Waals surface area contributed by atoms with Crippen molar-refractivity contribution in [2.75, 3.05) is 0 Å². The molecule has 41 heteroatoms. The highest BCUT2D eigenvalue weighted by molar-refractivity contribution is 14.1. The third-order valence-electron chi connectivity index (χ3n) is 11.1. The van der Waals surface area contributed by atoms with Crippen LogP contribution in [-0.2, 0) is 61.0 Å². The van der Waals surface area contributed by atoms with Crippen LogP contribution in [0.2, 0.25) is 0 Å². The number of hydrogen-bond donors (Lipinski definition) is 0. The molecule has 0 aliphatic heterocycles. The average molecular weight is 1400 g/mol. The van der Waals surface area contributed by atoms with E-state index in [2.05, 4.69) is 102 Å². The lowest BCUT2D eigenvalue weighted by atomic mass is 10.2. The summed E-state index contributed by atoms with van der Waals surface area (Å²) < 4.78 is 79.4. The Labute approximate surface area is 516 Å². The summed E-state index contributed by atoms with van der Waals surface area (Å²) in [5.41, 5.74) is 4.35. The Balaban J connectivity index is 0.000000129. The molecule has 83 heavy (non-hydrogen) atoms. The molecule has 0 unspecified atom stereocenters. The molecule has 0 aromatic carbocycles. The first kappa shape index (κ1) is 53.5. The molecule has 0 amide bonds. The quantitative estimate of drug-likeness (QED) is 0.109. The van der Waals surface area contributed by atoms with Gasteiger partial charge in [-0.2, -0.15) is 36.2 Å². The number of rotatable bonds is 18. The van der Waals surface area contributed by atoms with Gasteiger partial charge in [-0.05, 0) is 137 Å². The van der Waals surface area contributed by atoms with Gasteiger partial charge in [0.15, 0.2) is 20.0 Å². The van der Waals surface area contributed by atoms with Gasteiger partial charge in [0.25, 0.3) is 20.8 Å². The van der Waals surface area contributed by atoms with E-state index in [-0.39, 0.29) is 73.9 Å². The lowest BCUT2D eigenvalue weighted by molar-refractivity contribution is 0.303.